The maximum atomic E-state index is 4.53. The third-order valence-electron chi connectivity index (χ3n) is 3.18. The Morgan fingerprint density at radius 2 is 2.06 bits per heavy atom. The topological polar surface area (TPSA) is 31.4 Å². The van der Waals surface area contributed by atoms with E-state index in [0.29, 0.717) is 0 Å². The summed E-state index contributed by atoms with van der Waals surface area (Å²) in [6.07, 6.45) is 2.01. The first kappa shape index (κ1) is 12.8. The monoisotopic (exact) mass is 254 g/mol. The van der Waals surface area contributed by atoms with Crippen LogP contribution in [0.2, 0.25) is 0 Å². The molecule has 0 bridgehead atoms. The first-order chi connectivity index (χ1) is 8.33. The molecule has 0 aromatic carbocycles. The predicted octanol–water partition coefficient (Wildman–Crippen LogP) is 1.39. The number of nitrogens with zero attached hydrogens (tertiary/aromatic N) is 3. The van der Waals surface area contributed by atoms with Gasteiger partial charge in [0.2, 0.25) is 0 Å². The summed E-state index contributed by atoms with van der Waals surface area (Å²) in [4.78, 5) is 10.8. The van der Waals surface area contributed by atoms with Gasteiger partial charge in [0.1, 0.15) is 0 Å². The Bertz CT molecular complexity index is 331. The van der Waals surface area contributed by atoms with Crippen LogP contribution in [0.1, 0.15) is 18.7 Å². The van der Waals surface area contributed by atoms with Crippen LogP contribution in [0.3, 0.4) is 0 Å². The van der Waals surface area contributed by atoms with Crippen LogP contribution in [0.25, 0.3) is 0 Å². The highest BCUT2D eigenvalue weighted by atomic mass is 32.1. The second kappa shape index (κ2) is 6.33. The van der Waals surface area contributed by atoms with Crippen LogP contribution in [0.15, 0.2) is 6.20 Å². The van der Waals surface area contributed by atoms with Gasteiger partial charge in [0, 0.05) is 43.8 Å². The third kappa shape index (κ3) is 3.40. The van der Waals surface area contributed by atoms with Gasteiger partial charge in [-0.15, -0.1) is 11.3 Å². The first-order valence-corrected chi connectivity index (χ1v) is 7.27. The lowest BCUT2D eigenvalue weighted by atomic mass is 10.3. The van der Waals surface area contributed by atoms with E-state index in [9.17, 15) is 0 Å². The van der Waals surface area contributed by atoms with Gasteiger partial charge in [0.25, 0.3) is 0 Å². The number of rotatable bonds is 5. The zero-order valence-corrected chi connectivity index (χ0v) is 11.6. The van der Waals surface area contributed by atoms with E-state index in [4.69, 9.17) is 0 Å². The van der Waals surface area contributed by atoms with Gasteiger partial charge in [-0.1, -0.05) is 13.8 Å². The average Bonchev–Trinajstić information content (AvgIpc) is 2.85. The minimum absolute atomic E-state index is 0.948. The number of nitrogens with one attached hydrogen (secondary N) is 1. The molecule has 1 saturated heterocycles. The van der Waals surface area contributed by atoms with E-state index in [1.807, 2.05) is 17.5 Å². The molecule has 5 heteroatoms. The Morgan fingerprint density at radius 3 is 2.71 bits per heavy atom. The molecule has 1 aromatic heterocycles. The molecule has 2 rings (SSSR count). The molecule has 0 atom stereocenters. The molecule has 1 aliphatic heterocycles. The van der Waals surface area contributed by atoms with Crippen LogP contribution in [-0.4, -0.2) is 49.2 Å². The molecule has 0 saturated carbocycles. The van der Waals surface area contributed by atoms with Crippen molar-refractivity contribution in [1.82, 2.24) is 15.2 Å². The van der Waals surface area contributed by atoms with Crippen molar-refractivity contribution < 1.29 is 0 Å². The first-order valence-electron chi connectivity index (χ1n) is 6.46. The Hall–Kier alpha value is -0.650. The molecular formula is C12H22N4S. The van der Waals surface area contributed by atoms with E-state index in [-0.39, 0.29) is 0 Å². The van der Waals surface area contributed by atoms with Gasteiger partial charge in [-0.2, -0.15) is 0 Å². The highest BCUT2D eigenvalue weighted by molar-refractivity contribution is 7.15. The summed E-state index contributed by atoms with van der Waals surface area (Å²) >= 11 is 1.82. The largest absolute Gasteiger partial charge is 0.346 e. The van der Waals surface area contributed by atoms with Gasteiger partial charge in [0.05, 0.1) is 0 Å². The molecular weight excluding hydrogens is 232 g/mol. The van der Waals surface area contributed by atoms with Crippen molar-refractivity contribution in [2.24, 2.45) is 0 Å². The minimum atomic E-state index is 0.948. The zero-order chi connectivity index (χ0) is 12.1. The molecule has 0 amide bonds. The van der Waals surface area contributed by atoms with Crippen molar-refractivity contribution in [1.29, 1.82) is 0 Å². The van der Waals surface area contributed by atoms with E-state index in [2.05, 4.69) is 33.9 Å². The zero-order valence-electron chi connectivity index (χ0n) is 10.8. The van der Waals surface area contributed by atoms with Crippen molar-refractivity contribution in [3.05, 3.63) is 11.1 Å². The lowest BCUT2D eigenvalue weighted by Crippen LogP contribution is -2.46. The van der Waals surface area contributed by atoms with Gasteiger partial charge in [-0.05, 0) is 13.1 Å². The standard InChI is InChI=1S/C12H22N4S/c1-3-13-9-11-10-14-12(17-11)16-7-5-15(4-2)6-8-16/h10,13H,3-9H2,1-2H3. The maximum absolute atomic E-state index is 4.53. The Morgan fingerprint density at radius 1 is 1.29 bits per heavy atom. The van der Waals surface area contributed by atoms with Crippen molar-refractivity contribution in [2.45, 2.75) is 20.4 Å². The summed E-state index contributed by atoms with van der Waals surface area (Å²) in [6.45, 7) is 12.0. The summed E-state index contributed by atoms with van der Waals surface area (Å²) in [6, 6.07) is 0. The third-order valence-corrected chi connectivity index (χ3v) is 4.24. The Labute approximate surface area is 108 Å². The molecule has 96 valence electrons. The summed E-state index contributed by atoms with van der Waals surface area (Å²) in [7, 11) is 0. The molecule has 4 nitrogen and oxygen atoms in total. The molecule has 1 N–H and O–H groups in total. The highest BCUT2D eigenvalue weighted by Crippen LogP contribution is 2.23. The second-order valence-corrected chi connectivity index (χ2v) is 5.40. The van der Waals surface area contributed by atoms with Gasteiger partial charge >= 0.3 is 0 Å². The summed E-state index contributed by atoms with van der Waals surface area (Å²) in [5.41, 5.74) is 0. The van der Waals surface area contributed by atoms with Crippen molar-refractivity contribution >= 4 is 16.5 Å². The average molecular weight is 254 g/mol. The fraction of sp³-hybridized carbons (Fsp3) is 0.750. The van der Waals surface area contributed by atoms with Crippen molar-refractivity contribution in [3.8, 4) is 0 Å². The molecule has 2 heterocycles. The number of anilines is 1. The quantitative estimate of drug-likeness (QED) is 0.860. The lowest BCUT2D eigenvalue weighted by molar-refractivity contribution is 0.271. The van der Waals surface area contributed by atoms with Gasteiger partial charge < -0.3 is 15.1 Å². The van der Waals surface area contributed by atoms with E-state index in [0.717, 1.165) is 32.7 Å². The number of likely N-dealkylation sites (N-methyl/N-ethyl adjacent to an activating group) is 1. The number of thiazole rings is 1. The van der Waals surface area contributed by atoms with E-state index >= 15 is 0 Å². The fourth-order valence-electron chi connectivity index (χ4n) is 2.03. The summed E-state index contributed by atoms with van der Waals surface area (Å²) in [5.74, 6) is 0. The number of aromatic nitrogens is 1. The van der Waals surface area contributed by atoms with Gasteiger partial charge in [-0.3, -0.25) is 0 Å². The van der Waals surface area contributed by atoms with E-state index in [1.165, 1.54) is 23.1 Å². The van der Waals surface area contributed by atoms with Crippen molar-refractivity contribution in [2.75, 3.05) is 44.2 Å². The predicted molar refractivity (Wildman–Crippen MR) is 73.8 cm³/mol. The maximum Gasteiger partial charge on any atom is 0.185 e. The number of hydrogen-bond acceptors (Lipinski definition) is 5. The van der Waals surface area contributed by atoms with Crippen LogP contribution in [0.5, 0.6) is 0 Å². The van der Waals surface area contributed by atoms with Crippen LogP contribution in [-0.2, 0) is 6.54 Å². The second-order valence-electron chi connectivity index (χ2n) is 4.31. The lowest BCUT2D eigenvalue weighted by Gasteiger charge is -2.33. The van der Waals surface area contributed by atoms with Gasteiger partial charge in [0.15, 0.2) is 5.13 Å². The van der Waals surface area contributed by atoms with E-state index in [1.54, 1.807) is 0 Å². The smallest absolute Gasteiger partial charge is 0.185 e. The summed E-state index contributed by atoms with van der Waals surface area (Å²) in [5, 5.41) is 4.53. The molecule has 1 aliphatic rings. The molecule has 0 spiro atoms. The molecule has 17 heavy (non-hydrogen) atoms. The summed E-state index contributed by atoms with van der Waals surface area (Å²) < 4.78 is 0. The highest BCUT2D eigenvalue weighted by Gasteiger charge is 2.17. The molecule has 1 aromatic rings. The number of hydrogen-bond donors (Lipinski definition) is 1. The van der Waals surface area contributed by atoms with Crippen LogP contribution < -0.4 is 10.2 Å². The normalized spacial score (nSPS) is 17.6. The molecule has 0 unspecified atom stereocenters. The van der Waals surface area contributed by atoms with Crippen LogP contribution >= 0.6 is 11.3 Å². The van der Waals surface area contributed by atoms with Crippen LogP contribution in [0, 0.1) is 0 Å². The fourth-order valence-corrected chi connectivity index (χ4v) is 2.96. The molecule has 0 radical (unpaired) electrons. The van der Waals surface area contributed by atoms with Crippen molar-refractivity contribution in [3.63, 3.8) is 0 Å². The Balaban J connectivity index is 1.87. The molecule has 0 aliphatic carbocycles. The number of piperazine rings is 1. The SMILES string of the molecule is CCNCc1cnc(N2CCN(CC)CC2)s1. The van der Waals surface area contributed by atoms with Crippen LogP contribution in [0.4, 0.5) is 5.13 Å². The Kier molecular flexibility index (Phi) is 4.76. The molecule has 1 fully saturated rings. The van der Waals surface area contributed by atoms with Gasteiger partial charge in [-0.25, -0.2) is 4.98 Å². The minimum Gasteiger partial charge on any atom is -0.346 e. The van der Waals surface area contributed by atoms with E-state index < -0.39 is 0 Å².